The second-order valence-electron chi connectivity index (χ2n) is 7.95. The van der Waals surface area contributed by atoms with Gasteiger partial charge < -0.3 is 20.3 Å². The van der Waals surface area contributed by atoms with E-state index in [9.17, 15) is 0 Å². The Balaban J connectivity index is 1.09. The van der Waals surface area contributed by atoms with E-state index >= 15 is 0 Å². The molecule has 0 amide bonds. The lowest BCUT2D eigenvalue weighted by molar-refractivity contribution is 0.254. The smallest absolute Gasteiger partial charge is 0.225 e. The van der Waals surface area contributed by atoms with Crippen LogP contribution in [0.25, 0.3) is 0 Å². The molecule has 8 heteroatoms. The lowest BCUT2D eigenvalue weighted by atomic mass is 10.1. The molecule has 3 heterocycles. The first-order valence-corrected chi connectivity index (χ1v) is 11.3. The Morgan fingerprint density at radius 3 is 2.71 bits per heavy atom. The van der Waals surface area contributed by atoms with Crippen molar-refractivity contribution in [3.05, 3.63) is 47.8 Å². The molecule has 8 nitrogen and oxygen atoms in total. The van der Waals surface area contributed by atoms with Gasteiger partial charge in [-0.25, -0.2) is 9.97 Å². The zero-order valence-electron chi connectivity index (χ0n) is 18.4. The average molecular weight is 424 g/mol. The summed E-state index contributed by atoms with van der Waals surface area (Å²) in [4.78, 5) is 17.8. The minimum Gasteiger partial charge on any atom is -0.493 e. The van der Waals surface area contributed by atoms with E-state index in [1.165, 1.54) is 11.1 Å². The minimum atomic E-state index is 0.810. The van der Waals surface area contributed by atoms with Gasteiger partial charge in [0.25, 0.3) is 0 Å². The monoisotopic (exact) mass is 423 g/mol. The summed E-state index contributed by atoms with van der Waals surface area (Å²) < 4.78 is 5.58. The van der Waals surface area contributed by atoms with Crippen LogP contribution in [0.4, 0.5) is 5.95 Å². The van der Waals surface area contributed by atoms with Gasteiger partial charge in [-0.1, -0.05) is 12.1 Å². The Morgan fingerprint density at radius 1 is 1.10 bits per heavy atom. The lowest BCUT2D eigenvalue weighted by Crippen LogP contribution is -2.47. The maximum absolute atomic E-state index is 5.58. The van der Waals surface area contributed by atoms with E-state index < -0.39 is 0 Å². The van der Waals surface area contributed by atoms with Gasteiger partial charge in [-0.3, -0.25) is 9.89 Å². The number of hydrogen-bond donors (Lipinski definition) is 2. The second-order valence-corrected chi connectivity index (χ2v) is 7.95. The van der Waals surface area contributed by atoms with Gasteiger partial charge >= 0.3 is 0 Å². The van der Waals surface area contributed by atoms with E-state index in [1.54, 1.807) is 0 Å². The van der Waals surface area contributed by atoms with Crippen LogP contribution in [0.3, 0.4) is 0 Å². The van der Waals surface area contributed by atoms with Crippen molar-refractivity contribution in [2.45, 2.75) is 19.3 Å². The number of aliphatic imine (C=N–C) groups is 1. The molecule has 2 aliphatic heterocycles. The van der Waals surface area contributed by atoms with E-state index in [4.69, 9.17) is 4.74 Å². The van der Waals surface area contributed by atoms with Crippen molar-refractivity contribution in [1.29, 1.82) is 0 Å². The fourth-order valence-electron chi connectivity index (χ4n) is 4.08. The fraction of sp³-hybridized carbons (Fsp3) is 0.522. The highest BCUT2D eigenvalue weighted by atomic mass is 16.5. The standard InChI is InChI=1S/C23H33N7O/c1-24-22(26-11-6-19-4-5-21-20(18-19)7-17-31-21)25-10-3-12-29-13-15-30(16-14-29)23-27-8-2-9-28-23/h2,4-5,8-9,18H,3,6-7,10-17H2,1H3,(H2,24,25,26). The summed E-state index contributed by atoms with van der Waals surface area (Å²) in [7, 11) is 1.83. The molecule has 0 atom stereocenters. The third kappa shape index (κ3) is 6.07. The number of guanidine groups is 1. The lowest BCUT2D eigenvalue weighted by Gasteiger charge is -2.34. The zero-order valence-corrected chi connectivity index (χ0v) is 18.4. The van der Waals surface area contributed by atoms with Gasteiger partial charge in [0.2, 0.25) is 5.95 Å². The first kappa shape index (κ1) is 21.4. The average Bonchev–Trinajstić information content (AvgIpc) is 3.29. The van der Waals surface area contributed by atoms with Crippen molar-refractivity contribution in [3.8, 4) is 5.75 Å². The summed E-state index contributed by atoms with van der Waals surface area (Å²) in [5, 5.41) is 6.85. The molecule has 1 fully saturated rings. The van der Waals surface area contributed by atoms with Gasteiger partial charge in [0.1, 0.15) is 5.75 Å². The highest BCUT2D eigenvalue weighted by Gasteiger charge is 2.18. The summed E-state index contributed by atoms with van der Waals surface area (Å²) in [6, 6.07) is 8.38. The second kappa shape index (κ2) is 10.9. The quantitative estimate of drug-likeness (QED) is 0.377. The van der Waals surface area contributed by atoms with Crippen LogP contribution < -0.4 is 20.3 Å². The fourth-order valence-corrected chi connectivity index (χ4v) is 4.08. The zero-order chi connectivity index (χ0) is 21.3. The Morgan fingerprint density at radius 2 is 1.90 bits per heavy atom. The number of nitrogens with one attached hydrogen (secondary N) is 2. The number of anilines is 1. The van der Waals surface area contributed by atoms with E-state index in [1.807, 2.05) is 25.5 Å². The molecule has 166 valence electrons. The molecule has 2 N–H and O–H groups in total. The first-order valence-electron chi connectivity index (χ1n) is 11.3. The van der Waals surface area contributed by atoms with Crippen molar-refractivity contribution < 1.29 is 4.74 Å². The predicted octanol–water partition coefficient (Wildman–Crippen LogP) is 1.33. The number of benzene rings is 1. The molecule has 4 rings (SSSR count). The van der Waals surface area contributed by atoms with Gasteiger partial charge in [-0.05, 0) is 42.6 Å². The van der Waals surface area contributed by atoms with E-state index in [0.29, 0.717) is 0 Å². The number of rotatable bonds is 8. The van der Waals surface area contributed by atoms with E-state index in [-0.39, 0.29) is 0 Å². The molecule has 2 aliphatic rings. The van der Waals surface area contributed by atoms with Crippen molar-refractivity contribution in [1.82, 2.24) is 25.5 Å². The third-order valence-electron chi connectivity index (χ3n) is 5.83. The minimum absolute atomic E-state index is 0.810. The van der Waals surface area contributed by atoms with Crippen LogP contribution in [0.2, 0.25) is 0 Å². The first-order chi connectivity index (χ1) is 15.3. The molecule has 1 aromatic heterocycles. The van der Waals surface area contributed by atoms with Gasteiger partial charge in [-0.2, -0.15) is 0 Å². The van der Waals surface area contributed by atoms with Crippen LogP contribution in [0, 0.1) is 0 Å². The topological polar surface area (TPSA) is 77.9 Å². The molecular formula is C23H33N7O. The highest BCUT2D eigenvalue weighted by Crippen LogP contribution is 2.25. The maximum atomic E-state index is 5.58. The molecule has 0 bridgehead atoms. The Kier molecular flexibility index (Phi) is 7.55. The van der Waals surface area contributed by atoms with Crippen LogP contribution in [-0.4, -0.2) is 80.3 Å². The summed E-state index contributed by atoms with van der Waals surface area (Å²) in [5.74, 6) is 2.76. The number of nitrogens with zero attached hydrogens (tertiary/aromatic N) is 5. The summed E-state index contributed by atoms with van der Waals surface area (Å²) in [5.41, 5.74) is 2.67. The Labute approximate surface area is 184 Å². The van der Waals surface area contributed by atoms with Crippen LogP contribution in [-0.2, 0) is 12.8 Å². The maximum Gasteiger partial charge on any atom is 0.225 e. The summed E-state index contributed by atoms with van der Waals surface area (Å²) in [6.45, 7) is 7.75. The molecule has 0 aliphatic carbocycles. The van der Waals surface area contributed by atoms with Crippen LogP contribution in [0.1, 0.15) is 17.5 Å². The van der Waals surface area contributed by atoms with Crippen molar-refractivity contribution in [2.75, 3.05) is 64.4 Å². The molecule has 31 heavy (non-hydrogen) atoms. The molecule has 1 saturated heterocycles. The van der Waals surface area contributed by atoms with Gasteiger partial charge in [-0.15, -0.1) is 0 Å². The number of hydrogen-bond acceptors (Lipinski definition) is 6. The van der Waals surface area contributed by atoms with Crippen molar-refractivity contribution in [3.63, 3.8) is 0 Å². The Bertz CT molecular complexity index is 850. The molecular weight excluding hydrogens is 390 g/mol. The Hall–Kier alpha value is -2.87. The largest absolute Gasteiger partial charge is 0.493 e. The SMILES string of the molecule is CN=C(NCCCN1CCN(c2ncccn2)CC1)NCCc1ccc2c(c1)CCO2. The van der Waals surface area contributed by atoms with E-state index in [2.05, 4.69) is 53.6 Å². The van der Waals surface area contributed by atoms with Gasteiger partial charge in [0.05, 0.1) is 6.61 Å². The molecule has 0 saturated carbocycles. The van der Waals surface area contributed by atoms with Crippen molar-refractivity contribution in [2.24, 2.45) is 4.99 Å². The summed E-state index contributed by atoms with van der Waals surface area (Å²) in [6.07, 6.45) is 6.70. The summed E-state index contributed by atoms with van der Waals surface area (Å²) >= 11 is 0. The molecule has 0 spiro atoms. The molecule has 0 unspecified atom stereocenters. The number of piperazine rings is 1. The predicted molar refractivity (Wildman–Crippen MR) is 124 cm³/mol. The normalized spacial score (nSPS) is 16.7. The van der Waals surface area contributed by atoms with Gasteiger partial charge in [0.15, 0.2) is 5.96 Å². The molecule has 1 aromatic carbocycles. The molecule has 2 aromatic rings. The number of fused-ring (bicyclic) bond motifs is 1. The molecule has 0 radical (unpaired) electrons. The van der Waals surface area contributed by atoms with Crippen molar-refractivity contribution >= 4 is 11.9 Å². The highest BCUT2D eigenvalue weighted by molar-refractivity contribution is 5.79. The van der Waals surface area contributed by atoms with Crippen LogP contribution >= 0.6 is 0 Å². The number of ether oxygens (including phenoxy) is 1. The van der Waals surface area contributed by atoms with Crippen LogP contribution in [0.15, 0.2) is 41.7 Å². The van der Waals surface area contributed by atoms with E-state index in [0.717, 1.165) is 89.3 Å². The number of aromatic nitrogens is 2. The van der Waals surface area contributed by atoms with Gasteiger partial charge in [0, 0.05) is 65.1 Å². The third-order valence-corrected chi connectivity index (χ3v) is 5.83. The van der Waals surface area contributed by atoms with Crippen LogP contribution in [0.5, 0.6) is 5.75 Å².